The van der Waals surface area contributed by atoms with Crippen molar-refractivity contribution in [3.8, 4) is 0 Å². The largest absolute Gasteiger partial charge is 0.475 e. The average Bonchev–Trinajstić information content (AvgIpc) is 2.78. The molecule has 4 nitrogen and oxygen atoms in total. The summed E-state index contributed by atoms with van der Waals surface area (Å²) in [6.45, 7) is 0.458. The number of carbonyl (C=O) groups is 1. The van der Waals surface area contributed by atoms with Crippen LogP contribution in [0, 0.1) is 0 Å². The Balaban J connectivity index is 2.16. The van der Waals surface area contributed by atoms with Gasteiger partial charge in [0.05, 0.1) is 6.26 Å². The Bertz CT molecular complexity index is 548. The van der Waals surface area contributed by atoms with E-state index in [1.165, 1.54) is 6.26 Å². The molecule has 0 saturated heterocycles. The highest BCUT2D eigenvalue weighted by Gasteiger charge is 2.15. The zero-order valence-corrected chi connectivity index (χ0v) is 10.5. The van der Waals surface area contributed by atoms with E-state index in [1.807, 2.05) is 24.1 Å². The molecule has 1 aromatic carbocycles. The standard InChI is InChI=1S/C13H12ClNO3/c1-15(11-4-2-10(14)3-5-11)8-9-6-7-18-12(9)13(16)17/h2-7H,8H2,1H3,(H,16,17). The molecule has 0 saturated carbocycles. The van der Waals surface area contributed by atoms with Gasteiger partial charge in [0.25, 0.3) is 0 Å². The fraction of sp³-hybridized carbons (Fsp3) is 0.154. The van der Waals surface area contributed by atoms with Crippen molar-refractivity contribution >= 4 is 23.3 Å². The highest BCUT2D eigenvalue weighted by molar-refractivity contribution is 6.30. The predicted molar refractivity (Wildman–Crippen MR) is 69.2 cm³/mol. The van der Waals surface area contributed by atoms with Crippen molar-refractivity contribution in [3.63, 3.8) is 0 Å². The molecule has 2 aromatic rings. The van der Waals surface area contributed by atoms with E-state index in [0.717, 1.165) is 5.69 Å². The molecule has 94 valence electrons. The number of furan rings is 1. The topological polar surface area (TPSA) is 53.7 Å². The van der Waals surface area contributed by atoms with E-state index in [0.29, 0.717) is 17.1 Å². The first-order chi connectivity index (χ1) is 8.58. The minimum Gasteiger partial charge on any atom is -0.475 e. The number of carboxylic acids is 1. The van der Waals surface area contributed by atoms with Crippen LogP contribution < -0.4 is 4.90 Å². The summed E-state index contributed by atoms with van der Waals surface area (Å²) >= 11 is 5.81. The van der Waals surface area contributed by atoms with Gasteiger partial charge in [-0.25, -0.2) is 4.79 Å². The SMILES string of the molecule is CN(Cc1ccoc1C(=O)O)c1ccc(Cl)cc1. The maximum Gasteiger partial charge on any atom is 0.372 e. The molecule has 1 aromatic heterocycles. The zero-order valence-electron chi connectivity index (χ0n) is 9.76. The van der Waals surface area contributed by atoms with Gasteiger partial charge in [0.15, 0.2) is 0 Å². The summed E-state index contributed by atoms with van der Waals surface area (Å²) in [6.07, 6.45) is 1.38. The van der Waals surface area contributed by atoms with Crippen molar-refractivity contribution in [2.75, 3.05) is 11.9 Å². The Kier molecular flexibility index (Phi) is 3.58. The van der Waals surface area contributed by atoms with E-state index in [4.69, 9.17) is 21.1 Å². The third-order valence-electron chi connectivity index (χ3n) is 2.62. The number of hydrogen-bond acceptors (Lipinski definition) is 3. The molecule has 1 N–H and O–H groups in total. The summed E-state index contributed by atoms with van der Waals surface area (Å²) < 4.78 is 4.93. The summed E-state index contributed by atoms with van der Waals surface area (Å²) in [5.74, 6) is -1.07. The first kappa shape index (κ1) is 12.5. The molecule has 18 heavy (non-hydrogen) atoms. The molecule has 0 bridgehead atoms. The third kappa shape index (κ3) is 2.65. The molecule has 2 rings (SSSR count). The van der Waals surface area contributed by atoms with Crippen LogP contribution in [0.3, 0.4) is 0 Å². The van der Waals surface area contributed by atoms with Crippen LogP contribution >= 0.6 is 11.6 Å². The van der Waals surface area contributed by atoms with Gasteiger partial charge in [-0.05, 0) is 30.3 Å². The molecule has 1 heterocycles. The van der Waals surface area contributed by atoms with E-state index < -0.39 is 5.97 Å². The molecule has 0 aliphatic carbocycles. The second-order valence-electron chi connectivity index (χ2n) is 3.91. The number of rotatable bonds is 4. The lowest BCUT2D eigenvalue weighted by Gasteiger charge is -2.18. The number of hydrogen-bond donors (Lipinski definition) is 1. The van der Waals surface area contributed by atoms with Gasteiger partial charge >= 0.3 is 5.97 Å². The lowest BCUT2D eigenvalue weighted by atomic mass is 10.2. The summed E-state index contributed by atoms with van der Waals surface area (Å²) in [7, 11) is 1.88. The number of anilines is 1. The molecule has 0 aliphatic heterocycles. The van der Waals surface area contributed by atoms with Gasteiger partial charge in [0.1, 0.15) is 0 Å². The molecule has 0 radical (unpaired) electrons. The summed E-state index contributed by atoms with van der Waals surface area (Å²) in [6, 6.07) is 9.00. The van der Waals surface area contributed by atoms with E-state index in [-0.39, 0.29) is 5.76 Å². The second-order valence-corrected chi connectivity index (χ2v) is 4.35. The molecule has 0 amide bonds. The normalized spacial score (nSPS) is 10.3. The van der Waals surface area contributed by atoms with E-state index in [1.54, 1.807) is 18.2 Å². The molecule has 5 heteroatoms. The maximum atomic E-state index is 10.9. The Labute approximate surface area is 109 Å². The summed E-state index contributed by atoms with van der Waals surface area (Å²) in [4.78, 5) is 12.8. The average molecular weight is 266 g/mol. The van der Waals surface area contributed by atoms with Crippen LogP contribution in [-0.2, 0) is 6.54 Å². The van der Waals surface area contributed by atoms with Crippen molar-refractivity contribution in [1.82, 2.24) is 0 Å². The zero-order chi connectivity index (χ0) is 13.1. The Hall–Kier alpha value is -1.94. The van der Waals surface area contributed by atoms with Crippen LogP contribution in [0.2, 0.25) is 5.02 Å². The quantitative estimate of drug-likeness (QED) is 0.922. The highest BCUT2D eigenvalue weighted by Crippen LogP contribution is 2.20. The third-order valence-corrected chi connectivity index (χ3v) is 2.87. The molecule has 0 fully saturated rings. The van der Waals surface area contributed by atoms with Crippen LogP contribution in [0.5, 0.6) is 0 Å². The highest BCUT2D eigenvalue weighted by atomic mass is 35.5. The maximum absolute atomic E-state index is 10.9. The van der Waals surface area contributed by atoms with E-state index in [9.17, 15) is 4.79 Å². The van der Waals surface area contributed by atoms with Gasteiger partial charge in [-0.3, -0.25) is 0 Å². The van der Waals surface area contributed by atoms with Crippen LogP contribution in [-0.4, -0.2) is 18.1 Å². The fourth-order valence-electron chi connectivity index (χ4n) is 1.69. The lowest BCUT2D eigenvalue weighted by molar-refractivity contribution is 0.0661. The molecule has 0 atom stereocenters. The molecular weight excluding hydrogens is 254 g/mol. The van der Waals surface area contributed by atoms with Crippen molar-refractivity contribution in [2.45, 2.75) is 6.54 Å². The van der Waals surface area contributed by atoms with Crippen LogP contribution in [0.25, 0.3) is 0 Å². The van der Waals surface area contributed by atoms with Crippen LogP contribution in [0.15, 0.2) is 41.0 Å². The molecule has 0 aliphatic rings. The Morgan fingerprint density at radius 1 is 1.33 bits per heavy atom. The van der Waals surface area contributed by atoms with Gasteiger partial charge in [0.2, 0.25) is 5.76 Å². The number of aromatic carboxylic acids is 1. The lowest BCUT2D eigenvalue weighted by Crippen LogP contribution is -2.17. The van der Waals surface area contributed by atoms with Gasteiger partial charge in [-0.15, -0.1) is 0 Å². The Morgan fingerprint density at radius 2 is 2.00 bits per heavy atom. The summed E-state index contributed by atoms with van der Waals surface area (Å²) in [5.41, 5.74) is 1.59. The second kappa shape index (κ2) is 5.14. The Morgan fingerprint density at radius 3 is 2.61 bits per heavy atom. The van der Waals surface area contributed by atoms with Crippen molar-refractivity contribution in [3.05, 3.63) is 52.9 Å². The van der Waals surface area contributed by atoms with Gasteiger partial charge in [-0.1, -0.05) is 11.6 Å². The van der Waals surface area contributed by atoms with E-state index in [2.05, 4.69) is 0 Å². The van der Waals surface area contributed by atoms with Crippen molar-refractivity contribution in [2.24, 2.45) is 0 Å². The molecular formula is C13H12ClNO3. The van der Waals surface area contributed by atoms with Gasteiger partial charge < -0.3 is 14.4 Å². The minimum atomic E-state index is -1.06. The monoisotopic (exact) mass is 265 g/mol. The van der Waals surface area contributed by atoms with Crippen LogP contribution in [0.4, 0.5) is 5.69 Å². The fourth-order valence-corrected chi connectivity index (χ4v) is 1.82. The number of nitrogens with zero attached hydrogens (tertiary/aromatic N) is 1. The molecule has 0 spiro atoms. The smallest absolute Gasteiger partial charge is 0.372 e. The minimum absolute atomic E-state index is 0.0178. The first-order valence-electron chi connectivity index (χ1n) is 5.34. The van der Waals surface area contributed by atoms with E-state index >= 15 is 0 Å². The predicted octanol–water partition coefficient (Wildman–Crippen LogP) is 3.27. The summed E-state index contributed by atoms with van der Waals surface area (Å²) in [5, 5.41) is 9.61. The molecule has 0 unspecified atom stereocenters. The number of halogens is 1. The number of carboxylic acid groups (broad SMARTS) is 1. The first-order valence-corrected chi connectivity index (χ1v) is 5.72. The number of benzene rings is 1. The van der Waals surface area contributed by atoms with Gasteiger partial charge in [-0.2, -0.15) is 0 Å². The van der Waals surface area contributed by atoms with Gasteiger partial charge in [0, 0.05) is 29.9 Å². The van der Waals surface area contributed by atoms with Crippen molar-refractivity contribution < 1.29 is 14.3 Å². The van der Waals surface area contributed by atoms with Crippen molar-refractivity contribution in [1.29, 1.82) is 0 Å². The van der Waals surface area contributed by atoms with Crippen LogP contribution in [0.1, 0.15) is 16.1 Å².